The van der Waals surface area contributed by atoms with Crippen molar-refractivity contribution in [2.24, 2.45) is 0 Å². The molecule has 0 saturated carbocycles. The van der Waals surface area contributed by atoms with Crippen LogP contribution in [-0.4, -0.2) is 5.97 Å². The molecule has 0 aliphatic carbocycles. The van der Waals surface area contributed by atoms with E-state index in [-0.39, 0.29) is 38.9 Å². The molecule has 204 valence electrons. The fraction of sp³-hybridized carbons (Fsp3) is 0. The van der Waals surface area contributed by atoms with Crippen LogP contribution in [0.3, 0.4) is 0 Å². The van der Waals surface area contributed by atoms with Crippen LogP contribution in [0.2, 0.25) is 0 Å². The summed E-state index contributed by atoms with van der Waals surface area (Å²) in [6.07, 6.45) is 41.5. The van der Waals surface area contributed by atoms with Crippen molar-refractivity contribution in [3.8, 4) is 0 Å². The third-order valence-corrected chi connectivity index (χ3v) is 5.11. The van der Waals surface area contributed by atoms with Gasteiger partial charge in [-0.3, -0.25) is 0 Å². The zero-order valence-corrected chi connectivity index (χ0v) is 24.0. The second kappa shape index (κ2) is 17.8. The summed E-state index contributed by atoms with van der Waals surface area (Å²) < 4.78 is 0. The second-order valence-electron chi connectivity index (χ2n) is 7.79. The number of halogens is 1. The smallest absolute Gasteiger partial charge is 1.00 e. The Kier molecular flexibility index (Phi) is 14.1. The summed E-state index contributed by atoms with van der Waals surface area (Å²) in [7, 11) is 0. The molecule has 0 N–H and O–H groups in total. The average molecular weight is 649 g/mol. The molecule has 0 unspecified atom stereocenters. The predicted molar refractivity (Wildman–Crippen MR) is 156 cm³/mol. The van der Waals surface area contributed by atoms with Crippen LogP contribution in [0, 0.1) is 0 Å². The molecular formula is C31H24ClN6O2Ru+. The van der Waals surface area contributed by atoms with Crippen LogP contribution in [0.4, 0.5) is 0 Å². The Labute approximate surface area is 260 Å². The first kappa shape index (κ1) is 32.5. The zero-order valence-electron chi connectivity index (χ0n) is 22.5. The maximum absolute atomic E-state index is 10.6. The van der Waals surface area contributed by atoms with Crippen LogP contribution in [0.15, 0.2) is 180 Å². The maximum Gasteiger partial charge on any atom is 8.00 e. The average Bonchev–Trinajstić information content (AvgIpc) is 3.04. The number of carbonyl (C=O) groups is 1. The van der Waals surface area contributed by atoms with Crippen molar-refractivity contribution in [2.75, 3.05) is 0 Å². The van der Waals surface area contributed by atoms with Gasteiger partial charge < -0.3 is 54.2 Å². The summed E-state index contributed by atoms with van der Waals surface area (Å²) in [5.74, 6) is -1.21. The van der Waals surface area contributed by atoms with Crippen molar-refractivity contribution in [3.05, 3.63) is 212 Å². The van der Waals surface area contributed by atoms with Crippen LogP contribution >= 0.6 is 0 Å². The molecule has 0 atom stereocenters. The van der Waals surface area contributed by atoms with Crippen LogP contribution < -0.4 is 17.5 Å². The summed E-state index contributed by atoms with van der Waals surface area (Å²) in [5, 5.41) is 35.5. The van der Waals surface area contributed by atoms with Crippen molar-refractivity contribution >= 4 is 5.97 Å². The number of aliphatic carboxylic acids is 1. The topological polar surface area (TPSA) is 125 Å². The Morgan fingerprint density at radius 3 is 1.02 bits per heavy atom. The molecule has 0 aromatic carbocycles. The number of carboxylic acid groups (broad SMARTS) is 1. The van der Waals surface area contributed by atoms with Gasteiger partial charge in [-0.15, -0.1) is 0 Å². The fourth-order valence-corrected chi connectivity index (χ4v) is 3.27. The van der Waals surface area contributed by atoms with Gasteiger partial charge in [0.25, 0.3) is 0 Å². The first-order chi connectivity index (χ1) is 19.2. The van der Waals surface area contributed by atoms with Crippen LogP contribution in [0.5, 0.6) is 0 Å². The number of allylic oxidation sites excluding steroid dienone is 16. The van der Waals surface area contributed by atoms with E-state index in [1.807, 2.05) is 79.0 Å². The van der Waals surface area contributed by atoms with E-state index in [0.717, 1.165) is 22.8 Å². The quantitative estimate of drug-likeness (QED) is 0.387. The third-order valence-electron chi connectivity index (χ3n) is 5.11. The number of hydrogen-bond donors (Lipinski definition) is 0. The number of rotatable bonds is 1. The molecule has 41 heavy (non-hydrogen) atoms. The van der Waals surface area contributed by atoms with Gasteiger partial charge in [0.2, 0.25) is 0 Å². The summed E-state index contributed by atoms with van der Waals surface area (Å²) in [5.41, 5.74) is 4.93. The Morgan fingerprint density at radius 1 is 0.463 bits per heavy atom. The van der Waals surface area contributed by atoms with Crippen LogP contribution in [0.1, 0.15) is 1.43 Å². The first-order valence-electron chi connectivity index (χ1n) is 11.9. The van der Waals surface area contributed by atoms with E-state index in [0.29, 0.717) is 11.4 Å². The van der Waals surface area contributed by atoms with Gasteiger partial charge in [0.1, 0.15) is 0 Å². The molecular weight excluding hydrogens is 625 g/mol. The molecule has 6 aliphatic heterocycles. The number of carboxylic acids is 1. The second-order valence-corrected chi connectivity index (χ2v) is 7.79. The zero-order chi connectivity index (χ0) is 27.1. The van der Waals surface area contributed by atoms with Crippen molar-refractivity contribution < 1.29 is 43.2 Å². The molecule has 6 aliphatic rings. The van der Waals surface area contributed by atoms with Gasteiger partial charge in [-0.2, -0.15) is 71.4 Å². The molecule has 0 aromatic heterocycles. The van der Waals surface area contributed by atoms with Crippen molar-refractivity contribution in [3.63, 3.8) is 0 Å². The summed E-state index contributed by atoms with van der Waals surface area (Å²) in [4.78, 5) is 10.6. The predicted octanol–water partition coefficient (Wildman–Crippen LogP) is 4.57. The third kappa shape index (κ3) is 10.4. The molecule has 0 fully saturated rings. The Hall–Kier alpha value is -4.72. The number of hydrogen-bond acceptors (Lipinski definition) is 2. The van der Waals surface area contributed by atoms with Gasteiger partial charge in [-0.1, -0.05) is 103 Å². The normalized spacial score (nSPS) is 23.3. The van der Waals surface area contributed by atoms with Gasteiger partial charge in [-0.05, 0) is 5.57 Å². The maximum atomic E-state index is 10.6. The molecule has 0 saturated heterocycles. The molecule has 6 rings (SSSR count). The minimum atomic E-state index is -1.21. The van der Waals surface area contributed by atoms with Gasteiger partial charge in [0.05, 0.1) is 5.97 Å². The monoisotopic (exact) mass is 649 g/mol. The van der Waals surface area contributed by atoms with Crippen molar-refractivity contribution in [2.45, 2.75) is 0 Å². The van der Waals surface area contributed by atoms with Crippen molar-refractivity contribution in [1.29, 1.82) is 0 Å². The molecule has 0 bridgehead atoms. The van der Waals surface area contributed by atoms with E-state index >= 15 is 0 Å². The van der Waals surface area contributed by atoms with Gasteiger partial charge in [0, 0.05) is 0 Å². The number of carbonyl (C=O) groups excluding carboxylic acids is 1. The summed E-state index contributed by atoms with van der Waals surface area (Å²) >= 11 is 0. The molecule has 10 heteroatoms. The molecule has 0 amide bonds. The van der Waals surface area contributed by atoms with E-state index in [1.54, 1.807) is 43.2 Å². The fourth-order valence-electron chi connectivity index (χ4n) is 3.27. The van der Waals surface area contributed by atoms with Crippen LogP contribution in [-0.2, 0) is 24.3 Å². The Balaban J connectivity index is 0.000000306. The Morgan fingerprint density at radius 2 is 0.756 bits per heavy atom. The largest absolute Gasteiger partial charge is 8.00 e. The number of nitrogens with zero attached hydrogens (tertiary/aromatic N) is 6. The minimum Gasteiger partial charge on any atom is -1.00 e. The Bertz CT molecular complexity index is 1310. The van der Waals surface area contributed by atoms with E-state index in [2.05, 4.69) is 31.9 Å². The van der Waals surface area contributed by atoms with Gasteiger partial charge in [-0.25, -0.2) is 0 Å². The first-order valence-corrected chi connectivity index (χ1v) is 11.9. The molecule has 0 spiro atoms. The molecule has 0 radical (unpaired) electrons. The van der Waals surface area contributed by atoms with E-state index in [4.69, 9.17) is 0 Å². The minimum absolute atomic E-state index is 0. The van der Waals surface area contributed by atoms with E-state index in [1.165, 1.54) is 18.4 Å². The SMILES string of the molecule is C1=C[N-]/C(=C2/C=CC=C[N-]2)C=C1.C1=C[N-]/C(=C2/C=CC=C[N-]2)C=C1.O=C([O-])C1=C/C(=C2\C=CC=C[N-]2)[N-]C=C1.[Cl-].[H+].[Ru+8]. The van der Waals surface area contributed by atoms with Gasteiger partial charge in [0.15, 0.2) is 0 Å². The van der Waals surface area contributed by atoms with E-state index < -0.39 is 5.97 Å². The van der Waals surface area contributed by atoms with Gasteiger partial charge >= 0.3 is 20.9 Å². The van der Waals surface area contributed by atoms with Crippen LogP contribution in [0.25, 0.3) is 31.9 Å². The van der Waals surface area contributed by atoms with Crippen molar-refractivity contribution in [1.82, 2.24) is 0 Å². The summed E-state index contributed by atoms with van der Waals surface area (Å²) in [6.45, 7) is 0. The molecule has 6 heterocycles. The summed E-state index contributed by atoms with van der Waals surface area (Å²) in [6, 6.07) is 0. The van der Waals surface area contributed by atoms with E-state index in [9.17, 15) is 9.90 Å². The molecule has 0 aromatic rings. The standard InChI is InChI=1S/C11H8N2O2.2C10H8N2.ClH.Ru/c14-11(15)8-4-6-13-10(7-8)9-3-1-2-5-12-9;2*1-3-7-11-9(5-1)10-6-2-4-8-12-10;;/h1-7H,(H,14,15);2*1-8H;1H;/q3*-2;;+8/p-1/b3*10-9-;;. The molecule has 8 nitrogen and oxygen atoms in total.